The molecule has 0 aromatic heterocycles. The van der Waals surface area contributed by atoms with Crippen molar-refractivity contribution < 1.29 is 13.5 Å². The molecular weight excluding hydrogens is 272 g/mol. The van der Waals surface area contributed by atoms with Gasteiger partial charge in [0.05, 0.1) is 5.60 Å². The van der Waals surface area contributed by atoms with Gasteiger partial charge in [-0.2, -0.15) is 0 Å². The molecule has 1 aliphatic rings. The Morgan fingerprint density at radius 1 is 1.43 bits per heavy atom. The number of halogens is 2. The van der Waals surface area contributed by atoms with Crippen LogP contribution in [0.2, 0.25) is 0 Å². The molecule has 3 atom stereocenters. The molecule has 1 aliphatic carbocycles. The number of benzene rings is 1. The van der Waals surface area contributed by atoms with Crippen molar-refractivity contribution in [2.75, 3.05) is 6.61 Å². The first-order valence-corrected chi connectivity index (χ1v) is 7.80. The summed E-state index contributed by atoms with van der Waals surface area (Å²) in [5.41, 5.74) is 6.29. The van der Waals surface area contributed by atoms with Crippen molar-refractivity contribution in [1.29, 1.82) is 0 Å². The molecule has 1 aromatic rings. The van der Waals surface area contributed by atoms with E-state index in [2.05, 4.69) is 6.92 Å². The molecular formula is C17H25F2NO. The lowest BCUT2D eigenvalue weighted by Crippen LogP contribution is -2.53. The highest BCUT2D eigenvalue weighted by molar-refractivity contribution is 5.21. The third-order valence-corrected chi connectivity index (χ3v) is 4.55. The van der Waals surface area contributed by atoms with Crippen molar-refractivity contribution in [3.8, 4) is 0 Å². The molecule has 0 saturated heterocycles. The van der Waals surface area contributed by atoms with Crippen LogP contribution in [0.25, 0.3) is 0 Å². The lowest BCUT2D eigenvalue weighted by Gasteiger charge is -2.44. The van der Waals surface area contributed by atoms with Crippen LogP contribution in [0.1, 0.15) is 45.1 Å². The van der Waals surface area contributed by atoms with Crippen LogP contribution in [-0.2, 0) is 11.2 Å². The molecule has 0 heterocycles. The molecule has 0 amide bonds. The fraction of sp³-hybridized carbons (Fsp3) is 0.647. The Balaban J connectivity index is 2.18. The van der Waals surface area contributed by atoms with E-state index in [1.54, 1.807) is 0 Å². The molecule has 2 N–H and O–H groups in total. The Morgan fingerprint density at radius 2 is 2.19 bits per heavy atom. The largest absolute Gasteiger partial charge is 0.374 e. The van der Waals surface area contributed by atoms with Crippen molar-refractivity contribution in [2.24, 2.45) is 11.7 Å². The quantitative estimate of drug-likeness (QED) is 0.896. The minimum atomic E-state index is -0.430. The minimum Gasteiger partial charge on any atom is -0.374 e. The Hall–Kier alpha value is -1.00. The molecule has 21 heavy (non-hydrogen) atoms. The van der Waals surface area contributed by atoms with Gasteiger partial charge in [0.25, 0.3) is 0 Å². The lowest BCUT2D eigenvalue weighted by molar-refractivity contribution is -0.0926. The Morgan fingerprint density at radius 3 is 2.86 bits per heavy atom. The molecule has 4 heteroatoms. The number of rotatable bonds is 5. The third kappa shape index (κ3) is 3.80. The first-order valence-electron chi connectivity index (χ1n) is 7.80. The van der Waals surface area contributed by atoms with Crippen molar-refractivity contribution in [3.63, 3.8) is 0 Å². The van der Waals surface area contributed by atoms with Crippen LogP contribution in [0.3, 0.4) is 0 Å². The summed E-state index contributed by atoms with van der Waals surface area (Å²) in [5, 5.41) is 0. The standard InChI is InChI=1S/C17H25F2NO/c1-3-21-17(8-4-5-12(2)11-17)16(20)10-13-9-14(18)6-7-15(13)19/h6-7,9,12,16H,3-5,8,10-11,20H2,1-2H3. The highest BCUT2D eigenvalue weighted by Crippen LogP contribution is 2.38. The third-order valence-electron chi connectivity index (χ3n) is 4.55. The van der Waals surface area contributed by atoms with E-state index in [4.69, 9.17) is 10.5 Å². The van der Waals surface area contributed by atoms with Gasteiger partial charge >= 0.3 is 0 Å². The van der Waals surface area contributed by atoms with Crippen molar-refractivity contribution in [3.05, 3.63) is 35.4 Å². The number of hydrogen-bond acceptors (Lipinski definition) is 2. The van der Waals surface area contributed by atoms with Gasteiger partial charge in [0.15, 0.2) is 0 Å². The van der Waals surface area contributed by atoms with Gasteiger partial charge in [-0.1, -0.05) is 19.8 Å². The van der Waals surface area contributed by atoms with Crippen LogP contribution in [0.4, 0.5) is 8.78 Å². The number of nitrogens with two attached hydrogens (primary N) is 1. The molecule has 0 aliphatic heterocycles. The molecule has 1 saturated carbocycles. The van der Waals surface area contributed by atoms with E-state index in [1.807, 2.05) is 6.92 Å². The van der Waals surface area contributed by atoms with Crippen LogP contribution >= 0.6 is 0 Å². The van der Waals surface area contributed by atoms with Crippen LogP contribution < -0.4 is 5.73 Å². The summed E-state index contributed by atoms with van der Waals surface area (Å²) in [5.74, 6) is -0.280. The second-order valence-corrected chi connectivity index (χ2v) is 6.25. The summed E-state index contributed by atoms with van der Waals surface area (Å²) in [6, 6.07) is 3.21. The maximum absolute atomic E-state index is 13.8. The maximum atomic E-state index is 13.8. The molecule has 3 unspecified atom stereocenters. The predicted molar refractivity (Wildman–Crippen MR) is 80.0 cm³/mol. The summed E-state index contributed by atoms with van der Waals surface area (Å²) in [7, 11) is 0. The van der Waals surface area contributed by atoms with E-state index >= 15 is 0 Å². The molecule has 1 aromatic carbocycles. The summed E-state index contributed by atoms with van der Waals surface area (Å²) in [4.78, 5) is 0. The second-order valence-electron chi connectivity index (χ2n) is 6.25. The van der Waals surface area contributed by atoms with E-state index in [0.29, 0.717) is 24.5 Å². The highest BCUT2D eigenvalue weighted by atomic mass is 19.1. The zero-order chi connectivity index (χ0) is 15.5. The van der Waals surface area contributed by atoms with E-state index in [1.165, 1.54) is 12.5 Å². The zero-order valence-electron chi connectivity index (χ0n) is 12.9. The Bertz CT molecular complexity index is 476. The first-order chi connectivity index (χ1) is 9.97. The van der Waals surface area contributed by atoms with Crippen LogP contribution in [0, 0.1) is 17.6 Å². The van der Waals surface area contributed by atoms with Crippen molar-refractivity contribution >= 4 is 0 Å². The van der Waals surface area contributed by atoms with Crippen LogP contribution in [0.15, 0.2) is 18.2 Å². The summed E-state index contributed by atoms with van der Waals surface area (Å²) < 4.78 is 33.1. The van der Waals surface area contributed by atoms with E-state index in [9.17, 15) is 8.78 Å². The predicted octanol–water partition coefficient (Wildman–Crippen LogP) is 3.82. The zero-order valence-corrected chi connectivity index (χ0v) is 12.9. The lowest BCUT2D eigenvalue weighted by atomic mass is 9.73. The van der Waals surface area contributed by atoms with E-state index < -0.39 is 17.2 Å². The van der Waals surface area contributed by atoms with Gasteiger partial charge in [-0.3, -0.25) is 0 Å². The summed E-state index contributed by atoms with van der Waals surface area (Å²) in [6.07, 6.45) is 4.33. The van der Waals surface area contributed by atoms with Gasteiger partial charge in [-0.25, -0.2) is 8.78 Å². The van der Waals surface area contributed by atoms with Crippen molar-refractivity contribution in [2.45, 2.75) is 57.6 Å². The van der Waals surface area contributed by atoms with Gasteiger partial charge in [0, 0.05) is 12.6 Å². The summed E-state index contributed by atoms with van der Waals surface area (Å²) in [6.45, 7) is 4.74. The maximum Gasteiger partial charge on any atom is 0.126 e. The Kier molecular flexibility index (Phi) is 5.33. The monoisotopic (exact) mass is 297 g/mol. The van der Waals surface area contributed by atoms with E-state index in [-0.39, 0.29) is 6.04 Å². The summed E-state index contributed by atoms with van der Waals surface area (Å²) >= 11 is 0. The van der Waals surface area contributed by atoms with Crippen LogP contribution in [0.5, 0.6) is 0 Å². The molecule has 0 bridgehead atoms. The van der Waals surface area contributed by atoms with Gasteiger partial charge in [0.2, 0.25) is 0 Å². The Labute approximate surface area is 125 Å². The molecule has 2 nitrogen and oxygen atoms in total. The molecule has 2 rings (SSSR count). The normalized spacial score (nSPS) is 27.6. The fourth-order valence-corrected chi connectivity index (χ4v) is 3.53. The molecule has 1 fully saturated rings. The smallest absolute Gasteiger partial charge is 0.126 e. The van der Waals surface area contributed by atoms with Gasteiger partial charge in [-0.15, -0.1) is 0 Å². The van der Waals surface area contributed by atoms with E-state index in [0.717, 1.165) is 31.4 Å². The second kappa shape index (κ2) is 6.84. The topological polar surface area (TPSA) is 35.2 Å². The highest BCUT2D eigenvalue weighted by Gasteiger charge is 2.41. The van der Waals surface area contributed by atoms with Gasteiger partial charge < -0.3 is 10.5 Å². The molecule has 118 valence electrons. The molecule has 0 radical (unpaired) electrons. The molecule has 0 spiro atoms. The fourth-order valence-electron chi connectivity index (χ4n) is 3.53. The number of ether oxygens (including phenoxy) is 1. The van der Waals surface area contributed by atoms with Gasteiger partial charge in [0.1, 0.15) is 11.6 Å². The first kappa shape index (κ1) is 16.4. The number of hydrogen-bond donors (Lipinski definition) is 1. The van der Waals surface area contributed by atoms with Gasteiger partial charge in [-0.05, 0) is 55.9 Å². The minimum absolute atomic E-state index is 0.302. The average Bonchev–Trinajstić information content (AvgIpc) is 2.43. The van der Waals surface area contributed by atoms with Crippen molar-refractivity contribution in [1.82, 2.24) is 0 Å². The average molecular weight is 297 g/mol. The SMILES string of the molecule is CCOC1(C(N)Cc2cc(F)ccc2F)CCCC(C)C1. The van der Waals surface area contributed by atoms with Crippen LogP contribution in [-0.4, -0.2) is 18.2 Å².